The zero-order valence-electron chi connectivity index (χ0n) is 10.8. The summed E-state index contributed by atoms with van der Waals surface area (Å²) in [5, 5.41) is 3.72. The van der Waals surface area contributed by atoms with Crippen LogP contribution in [0.5, 0.6) is 0 Å². The van der Waals surface area contributed by atoms with Crippen LogP contribution < -0.4 is 5.32 Å². The van der Waals surface area contributed by atoms with Gasteiger partial charge in [0.25, 0.3) is 0 Å². The van der Waals surface area contributed by atoms with E-state index in [1.807, 2.05) is 11.8 Å². The maximum absolute atomic E-state index is 13.1. The van der Waals surface area contributed by atoms with Crippen molar-refractivity contribution in [2.75, 3.05) is 12.3 Å². The van der Waals surface area contributed by atoms with Gasteiger partial charge in [-0.1, -0.05) is 17.7 Å². The van der Waals surface area contributed by atoms with E-state index in [9.17, 15) is 4.39 Å². The summed E-state index contributed by atoms with van der Waals surface area (Å²) in [4.78, 5) is 0. The maximum Gasteiger partial charge on any atom is 0.141 e. The summed E-state index contributed by atoms with van der Waals surface area (Å²) in [6, 6.07) is 5.13. The minimum absolute atomic E-state index is 0.195. The average Bonchev–Trinajstić information content (AvgIpc) is 2.77. The normalized spacial score (nSPS) is 25.3. The molecule has 1 aromatic carbocycles. The predicted molar refractivity (Wildman–Crippen MR) is 77.9 cm³/mol. The topological polar surface area (TPSA) is 12.0 Å². The summed E-state index contributed by atoms with van der Waals surface area (Å²) in [6.45, 7) is 5.38. The highest BCUT2D eigenvalue weighted by Gasteiger charge is 2.29. The fourth-order valence-corrected chi connectivity index (χ4v) is 3.69. The Hall–Kier alpha value is -0.250. The molecule has 1 fully saturated rings. The van der Waals surface area contributed by atoms with Crippen LogP contribution in [0.25, 0.3) is 0 Å². The monoisotopic (exact) mass is 287 g/mol. The molecule has 1 heterocycles. The van der Waals surface area contributed by atoms with E-state index < -0.39 is 0 Å². The van der Waals surface area contributed by atoms with E-state index in [4.69, 9.17) is 11.6 Å². The quantitative estimate of drug-likeness (QED) is 0.880. The minimum Gasteiger partial charge on any atom is -0.309 e. The summed E-state index contributed by atoms with van der Waals surface area (Å²) in [5.41, 5.74) is 1.04. The molecule has 2 unspecified atom stereocenters. The van der Waals surface area contributed by atoms with Crippen molar-refractivity contribution in [2.45, 2.75) is 37.5 Å². The second-order valence-electron chi connectivity index (χ2n) is 5.18. The molecule has 2 rings (SSSR count). The molecular formula is C14H19ClFNS. The van der Waals surface area contributed by atoms with Crippen LogP contribution in [-0.2, 0) is 0 Å². The Morgan fingerprint density at radius 2 is 2.33 bits per heavy atom. The van der Waals surface area contributed by atoms with Crippen LogP contribution in [0.4, 0.5) is 4.39 Å². The van der Waals surface area contributed by atoms with Crippen molar-refractivity contribution in [3.8, 4) is 0 Å². The van der Waals surface area contributed by atoms with Gasteiger partial charge >= 0.3 is 0 Å². The summed E-state index contributed by atoms with van der Waals surface area (Å²) >= 11 is 7.84. The van der Waals surface area contributed by atoms with Crippen molar-refractivity contribution >= 4 is 23.4 Å². The summed E-state index contributed by atoms with van der Waals surface area (Å²) in [6.07, 6.45) is 2.57. The van der Waals surface area contributed by atoms with Gasteiger partial charge in [0.05, 0.1) is 5.02 Å². The number of nitrogens with one attached hydrogen (secondary N) is 1. The molecule has 0 radical (unpaired) electrons. The summed E-state index contributed by atoms with van der Waals surface area (Å²) < 4.78 is 13.4. The van der Waals surface area contributed by atoms with Crippen molar-refractivity contribution in [1.82, 2.24) is 5.32 Å². The van der Waals surface area contributed by atoms with Gasteiger partial charge in [-0.2, -0.15) is 11.8 Å². The first-order valence-corrected chi connectivity index (χ1v) is 7.69. The molecule has 0 aliphatic carbocycles. The van der Waals surface area contributed by atoms with Crippen LogP contribution in [0.2, 0.25) is 5.02 Å². The molecular weight excluding hydrogens is 269 g/mol. The molecule has 1 nitrogen and oxygen atoms in total. The van der Waals surface area contributed by atoms with Gasteiger partial charge in [-0.25, -0.2) is 4.39 Å². The molecule has 1 saturated heterocycles. The summed E-state index contributed by atoms with van der Waals surface area (Å²) in [7, 11) is 0. The van der Waals surface area contributed by atoms with Crippen LogP contribution in [0, 0.1) is 5.82 Å². The smallest absolute Gasteiger partial charge is 0.141 e. The van der Waals surface area contributed by atoms with Gasteiger partial charge in [0, 0.05) is 17.3 Å². The molecule has 1 aromatic rings. The highest BCUT2D eigenvalue weighted by molar-refractivity contribution is 8.00. The van der Waals surface area contributed by atoms with Crippen LogP contribution in [0.3, 0.4) is 0 Å². The Morgan fingerprint density at radius 1 is 1.56 bits per heavy atom. The van der Waals surface area contributed by atoms with Crippen molar-refractivity contribution < 1.29 is 4.39 Å². The molecule has 4 heteroatoms. The van der Waals surface area contributed by atoms with Gasteiger partial charge in [0.15, 0.2) is 0 Å². The lowest BCUT2D eigenvalue weighted by Gasteiger charge is -2.26. The second kappa shape index (κ2) is 5.81. The van der Waals surface area contributed by atoms with Crippen molar-refractivity contribution in [1.29, 1.82) is 0 Å². The molecule has 2 atom stereocenters. The fourth-order valence-electron chi connectivity index (χ4n) is 2.24. The van der Waals surface area contributed by atoms with Gasteiger partial charge < -0.3 is 5.32 Å². The molecule has 100 valence electrons. The van der Waals surface area contributed by atoms with Gasteiger partial charge in [-0.05, 0) is 50.1 Å². The molecule has 0 aromatic heterocycles. The minimum atomic E-state index is -0.356. The van der Waals surface area contributed by atoms with E-state index in [-0.39, 0.29) is 16.9 Å². The standard InChI is InChI=1S/C14H19ClFNS/c1-10(11-4-5-13(16)12(15)8-11)17-9-14(2)6-3-7-18-14/h4-5,8,10,17H,3,6-7,9H2,1-2H3. The molecule has 0 bridgehead atoms. The van der Waals surface area contributed by atoms with E-state index in [0.717, 1.165) is 12.1 Å². The molecule has 1 aliphatic rings. The number of thioether (sulfide) groups is 1. The van der Waals surface area contributed by atoms with Crippen LogP contribution in [0.15, 0.2) is 18.2 Å². The molecule has 1 aliphatic heterocycles. The Kier molecular flexibility index (Phi) is 4.57. The highest BCUT2D eigenvalue weighted by atomic mass is 35.5. The van der Waals surface area contributed by atoms with Gasteiger partial charge in [-0.15, -0.1) is 0 Å². The average molecular weight is 288 g/mol. The van der Waals surface area contributed by atoms with E-state index in [2.05, 4.69) is 19.2 Å². The van der Waals surface area contributed by atoms with Crippen LogP contribution in [-0.4, -0.2) is 17.0 Å². The number of benzene rings is 1. The largest absolute Gasteiger partial charge is 0.309 e. The van der Waals surface area contributed by atoms with E-state index >= 15 is 0 Å². The first kappa shape index (κ1) is 14.2. The van der Waals surface area contributed by atoms with Gasteiger partial charge in [0.2, 0.25) is 0 Å². The van der Waals surface area contributed by atoms with E-state index in [1.165, 1.54) is 24.7 Å². The van der Waals surface area contributed by atoms with Crippen molar-refractivity contribution in [3.05, 3.63) is 34.6 Å². The lowest BCUT2D eigenvalue weighted by atomic mass is 10.0. The zero-order chi connectivity index (χ0) is 13.2. The number of rotatable bonds is 4. The zero-order valence-corrected chi connectivity index (χ0v) is 12.4. The first-order valence-electron chi connectivity index (χ1n) is 6.32. The van der Waals surface area contributed by atoms with E-state index in [1.54, 1.807) is 12.1 Å². The Labute approximate surface area is 117 Å². The molecule has 0 saturated carbocycles. The third kappa shape index (κ3) is 3.40. The predicted octanol–water partition coefficient (Wildman–Crippen LogP) is 4.42. The highest BCUT2D eigenvalue weighted by Crippen LogP contribution is 2.37. The van der Waals surface area contributed by atoms with Crippen molar-refractivity contribution in [3.63, 3.8) is 0 Å². The second-order valence-corrected chi connectivity index (χ2v) is 7.27. The Morgan fingerprint density at radius 3 is 2.94 bits per heavy atom. The van der Waals surface area contributed by atoms with E-state index in [0.29, 0.717) is 4.75 Å². The molecule has 1 N–H and O–H groups in total. The van der Waals surface area contributed by atoms with Crippen LogP contribution >= 0.6 is 23.4 Å². The first-order chi connectivity index (χ1) is 8.50. The number of hydrogen-bond acceptors (Lipinski definition) is 2. The van der Waals surface area contributed by atoms with Gasteiger partial charge in [-0.3, -0.25) is 0 Å². The Bertz CT molecular complexity index is 418. The van der Waals surface area contributed by atoms with Crippen molar-refractivity contribution in [2.24, 2.45) is 0 Å². The number of halogens is 2. The Balaban J connectivity index is 1.94. The third-order valence-corrected chi connectivity index (χ3v) is 5.35. The van der Waals surface area contributed by atoms with Gasteiger partial charge in [0.1, 0.15) is 5.82 Å². The lowest BCUT2D eigenvalue weighted by molar-refractivity contribution is 0.490. The molecule has 18 heavy (non-hydrogen) atoms. The molecule has 0 amide bonds. The summed E-state index contributed by atoms with van der Waals surface area (Å²) in [5.74, 6) is 0.903. The number of hydrogen-bond donors (Lipinski definition) is 1. The molecule has 0 spiro atoms. The third-order valence-electron chi connectivity index (χ3n) is 3.53. The lowest BCUT2D eigenvalue weighted by Crippen LogP contribution is -2.34. The fraction of sp³-hybridized carbons (Fsp3) is 0.571. The maximum atomic E-state index is 13.1. The SMILES string of the molecule is CC(NCC1(C)CCCS1)c1ccc(F)c(Cl)c1. The van der Waals surface area contributed by atoms with Crippen LogP contribution in [0.1, 0.15) is 38.3 Å².